The molecule has 2 N–H and O–H groups in total. The van der Waals surface area contributed by atoms with Gasteiger partial charge in [0.15, 0.2) is 11.3 Å². The first-order valence-corrected chi connectivity index (χ1v) is 7.67. The van der Waals surface area contributed by atoms with E-state index in [-0.39, 0.29) is 18.1 Å². The minimum absolute atomic E-state index is 0.0823. The summed E-state index contributed by atoms with van der Waals surface area (Å²) < 4.78 is 5.39. The predicted molar refractivity (Wildman–Crippen MR) is 90.3 cm³/mol. The number of para-hydroxylation sites is 1. The zero-order valence-corrected chi connectivity index (χ0v) is 13.8. The van der Waals surface area contributed by atoms with Crippen LogP contribution >= 0.6 is 0 Å². The van der Waals surface area contributed by atoms with Gasteiger partial charge in [-0.3, -0.25) is 9.69 Å². The summed E-state index contributed by atoms with van der Waals surface area (Å²) in [6, 6.07) is 5.05. The molecule has 0 saturated carbocycles. The van der Waals surface area contributed by atoms with Crippen molar-refractivity contribution < 1.29 is 14.3 Å². The predicted octanol–water partition coefficient (Wildman–Crippen LogP) is 2.07. The number of hydrogen-bond acceptors (Lipinski definition) is 5. The van der Waals surface area contributed by atoms with Crippen molar-refractivity contribution in [2.45, 2.75) is 19.8 Å². The number of benzene rings is 1. The number of fused-ring (bicyclic) bond motifs is 1. The molecule has 0 saturated heterocycles. The fourth-order valence-corrected chi connectivity index (χ4v) is 1.99. The molecule has 0 fully saturated rings. The van der Waals surface area contributed by atoms with Gasteiger partial charge in [0.05, 0.1) is 13.2 Å². The Hall–Kier alpha value is -3.41. The maximum atomic E-state index is 12.4. The Balaban J connectivity index is 2.07. The van der Waals surface area contributed by atoms with Gasteiger partial charge < -0.3 is 10.1 Å². The molecule has 0 bridgehead atoms. The summed E-state index contributed by atoms with van der Waals surface area (Å²) in [5.41, 5.74) is 0.778. The second-order valence-corrected chi connectivity index (χ2v) is 5.15. The number of unbranched alkanes of at least 4 members (excludes halogenated alkanes) is 1. The molecule has 9 nitrogen and oxygen atoms in total. The summed E-state index contributed by atoms with van der Waals surface area (Å²) >= 11 is 0. The van der Waals surface area contributed by atoms with Gasteiger partial charge in [-0.1, -0.05) is 26.0 Å². The van der Waals surface area contributed by atoms with Crippen molar-refractivity contribution in [3.63, 3.8) is 0 Å². The molecule has 0 radical (unpaired) electrons. The first kappa shape index (κ1) is 17.9. The molecule has 9 heteroatoms. The van der Waals surface area contributed by atoms with E-state index in [4.69, 9.17) is 11.3 Å². The number of ether oxygens (including phenoxy) is 1. The highest BCUT2D eigenvalue weighted by atomic mass is 16.6. The van der Waals surface area contributed by atoms with E-state index in [2.05, 4.69) is 32.2 Å². The van der Waals surface area contributed by atoms with Gasteiger partial charge >= 0.3 is 6.09 Å². The smallest absolute Gasteiger partial charge is 0.408 e. The fourth-order valence-electron chi connectivity index (χ4n) is 1.99. The minimum Gasteiger partial charge on any atom is -0.408 e. The number of aromatic nitrogens is 3. The van der Waals surface area contributed by atoms with E-state index in [0.29, 0.717) is 17.6 Å². The molecule has 1 heterocycles. The van der Waals surface area contributed by atoms with Crippen molar-refractivity contribution in [3.8, 4) is 5.75 Å². The number of aromatic amines is 1. The van der Waals surface area contributed by atoms with E-state index in [9.17, 15) is 9.59 Å². The van der Waals surface area contributed by atoms with E-state index in [1.54, 1.807) is 18.2 Å². The van der Waals surface area contributed by atoms with Crippen molar-refractivity contribution >= 4 is 23.0 Å². The molecule has 0 aliphatic heterocycles. The van der Waals surface area contributed by atoms with E-state index in [1.165, 1.54) is 4.90 Å². The van der Waals surface area contributed by atoms with Gasteiger partial charge in [0, 0.05) is 6.54 Å². The molecule has 2 rings (SSSR count). The van der Waals surface area contributed by atoms with Gasteiger partial charge in [-0.25, -0.2) is 9.64 Å². The SMILES string of the molecule is [C-]#[N+]C(=C)C(=O)NCN(CCCC)C(=O)Oc1cccc2n[nH]nc12. The Morgan fingerprint density at radius 3 is 2.96 bits per heavy atom. The third-order valence-corrected chi connectivity index (χ3v) is 3.37. The topological polar surface area (TPSA) is 105 Å². The standard InChI is InChI=1S/C16H18N6O3/c1-4-5-9-22(10-18-15(23)11(2)17-3)16(24)25-13-8-6-7-12-14(13)20-21-19-12/h6-8H,2,4-5,9-10H2,1H3,(H,18,23)(H,19,20,21). The molecule has 0 atom stereocenters. The summed E-state index contributed by atoms with van der Waals surface area (Å²) in [6.07, 6.45) is 0.978. The molecule has 0 unspecified atom stereocenters. The normalized spacial score (nSPS) is 10.1. The van der Waals surface area contributed by atoms with E-state index in [1.807, 2.05) is 6.92 Å². The monoisotopic (exact) mass is 342 g/mol. The Bertz CT molecular complexity index is 823. The van der Waals surface area contributed by atoms with Crippen LogP contribution in [0.2, 0.25) is 0 Å². The third kappa shape index (κ3) is 4.54. The van der Waals surface area contributed by atoms with Crippen LogP contribution in [-0.4, -0.2) is 45.5 Å². The van der Waals surface area contributed by atoms with Gasteiger partial charge in [-0.15, -0.1) is 0 Å². The number of amides is 2. The van der Waals surface area contributed by atoms with Crippen LogP contribution in [0.25, 0.3) is 15.9 Å². The lowest BCUT2D eigenvalue weighted by Crippen LogP contribution is -2.43. The largest absolute Gasteiger partial charge is 0.416 e. The number of hydrogen-bond donors (Lipinski definition) is 2. The number of rotatable bonds is 7. The van der Waals surface area contributed by atoms with Crippen LogP contribution in [0, 0.1) is 6.57 Å². The molecule has 0 aliphatic carbocycles. The van der Waals surface area contributed by atoms with Crippen LogP contribution in [0.4, 0.5) is 4.79 Å². The van der Waals surface area contributed by atoms with Gasteiger partial charge in [-0.05, 0) is 18.6 Å². The van der Waals surface area contributed by atoms with Crippen LogP contribution in [-0.2, 0) is 4.79 Å². The van der Waals surface area contributed by atoms with Crippen LogP contribution in [0.15, 0.2) is 30.5 Å². The number of carbonyl (C=O) groups excluding carboxylic acids is 2. The summed E-state index contributed by atoms with van der Waals surface area (Å²) in [7, 11) is 0. The number of nitrogens with one attached hydrogen (secondary N) is 2. The van der Waals surface area contributed by atoms with E-state index < -0.39 is 12.0 Å². The summed E-state index contributed by atoms with van der Waals surface area (Å²) in [6.45, 7) is 12.4. The van der Waals surface area contributed by atoms with Crippen molar-refractivity contribution in [2.24, 2.45) is 0 Å². The average Bonchev–Trinajstić information content (AvgIpc) is 3.10. The number of nitrogens with zero attached hydrogens (tertiary/aromatic N) is 4. The summed E-state index contributed by atoms with van der Waals surface area (Å²) in [4.78, 5) is 28.4. The molecule has 0 aliphatic rings. The van der Waals surface area contributed by atoms with Gasteiger partial charge in [-0.2, -0.15) is 15.4 Å². The molecule has 1 aromatic carbocycles. The fraction of sp³-hybridized carbons (Fsp3) is 0.312. The third-order valence-electron chi connectivity index (χ3n) is 3.37. The lowest BCUT2D eigenvalue weighted by molar-refractivity contribution is -0.117. The highest BCUT2D eigenvalue weighted by Crippen LogP contribution is 2.22. The highest BCUT2D eigenvalue weighted by molar-refractivity contribution is 5.94. The van der Waals surface area contributed by atoms with E-state index >= 15 is 0 Å². The molecule has 2 amide bonds. The zero-order valence-electron chi connectivity index (χ0n) is 13.8. The second kappa shape index (κ2) is 8.44. The summed E-state index contributed by atoms with van der Waals surface area (Å²) in [5.74, 6) is -0.349. The van der Waals surface area contributed by atoms with Crippen molar-refractivity contribution in [1.29, 1.82) is 0 Å². The first-order valence-electron chi connectivity index (χ1n) is 7.67. The van der Waals surface area contributed by atoms with Crippen molar-refractivity contribution in [2.75, 3.05) is 13.2 Å². The minimum atomic E-state index is -0.627. The Morgan fingerprint density at radius 2 is 2.24 bits per heavy atom. The van der Waals surface area contributed by atoms with Crippen LogP contribution in [0.1, 0.15) is 19.8 Å². The van der Waals surface area contributed by atoms with Crippen LogP contribution in [0.5, 0.6) is 5.75 Å². The van der Waals surface area contributed by atoms with Gasteiger partial charge in [0.2, 0.25) is 5.70 Å². The van der Waals surface area contributed by atoms with Crippen molar-refractivity contribution in [1.82, 2.24) is 25.6 Å². The van der Waals surface area contributed by atoms with Crippen LogP contribution in [0.3, 0.4) is 0 Å². The number of H-pyrrole nitrogens is 1. The molecular formula is C16H18N6O3. The second-order valence-electron chi connectivity index (χ2n) is 5.15. The van der Waals surface area contributed by atoms with E-state index in [0.717, 1.165) is 12.8 Å². The Kier molecular flexibility index (Phi) is 6.06. The molecule has 130 valence electrons. The maximum absolute atomic E-state index is 12.4. The van der Waals surface area contributed by atoms with Crippen molar-refractivity contribution in [3.05, 3.63) is 41.9 Å². The zero-order chi connectivity index (χ0) is 18.2. The van der Waals surface area contributed by atoms with Crippen LogP contribution < -0.4 is 10.1 Å². The lowest BCUT2D eigenvalue weighted by Gasteiger charge is -2.22. The number of carbonyl (C=O) groups is 2. The Labute approximate surface area is 144 Å². The quantitative estimate of drug-likeness (QED) is 0.455. The molecule has 1 aromatic heterocycles. The summed E-state index contributed by atoms with van der Waals surface area (Å²) in [5, 5.41) is 12.8. The lowest BCUT2D eigenvalue weighted by atomic mass is 10.3. The highest BCUT2D eigenvalue weighted by Gasteiger charge is 2.19. The average molecular weight is 342 g/mol. The molecule has 0 spiro atoms. The molecule has 2 aromatic rings. The van der Waals surface area contributed by atoms with Gasteiger partial charge in [0.25, 0.3) is 5.91 Å². The Morgan fingerprint density at radius 1 is 1.44 bits per heavy atom. The maximum Gasteiger partial charge on any atom is 0.416 e. The van der Waals surface area contributed by atoms with Gasteiger partial charge in [0.1, 0.15) is 5.52 Å². The molecular weight excluding hydrogens is 324 g/mol. The molecule has 25 heavy (non-hydrogen) atoms. The first-order chi connectivity index (χ1) is 12.1.